The molecule has 0 amide bonds. The fraction of sp³-hybridized carbons (Fsp3) is 0.733. The van der Waals surface area contributed by atoms with Gasteiger partial charge in [-0.05, 0) is 6.92 Å². The summed E-state index contributed by atoms with van der Waals surface area (Å²) >= 11 is 0. The predicted molar refractivity (Wildman–Crippen MR) is 79.8 cm³/mol. The Balaban J connectivity index is 0.000000463. The van der Waals surface area contributed by atoms with Crippen LogP contribution in [0.2, 0.25) is 0 Å². The lowest BCUT2D eigenvalue weighted by Gasteiger charge is -2.28. The molecule has 1 aliphatic rings. The molecule has 1 heterocycles. The minimum atomic E-state index is -1.08. The van der Waals surface area contributed by atoms with E-state index in [0.717, 1.165) is 0 Å². The van der Waals surface area contributed by atoms with E-state index in [1.54, 1.807) is 14.0 Å². The lowest BCUT2D eigenvalue weighted by Crippen LogP contribution is -2.39. The summed E-state index contributed by atoms with van der Waals surface area (Å²) < 4.78 is 23.6. The second-order valence-electron chi connectivity index (χ2n) is 5.09. The van der Waals surface area contributed by atoms with Crippen LogP contribution in [0.5, 0.6) is 0 Å². The molecule has 0 radical (unpaired) electrons. The first-order chi connectivity index (χ1) is 11.2. The van der Waals surface area contributed by atoms with Gasteiger partial charge in [-0.1, -0.05) is 0 Å². The first-order valence-electron chi connectivity index (χ1n) is 7.37. The summed E-state index contributed by atoms with van der Waals surface area (Å²) in [4.78, 5) is 43.0. The van der Waals surface area contributed by atoms with Gasteiger partial charge in [0.25, 0.3) is 5.79 Å². The maximum Gasteiger partial charge on any atom is 0.320 e. The van der Waals surface area contributed by atoms with Gasteiger partial charge in [0.2, 0.25) is 0 Å². The highest BCUT2D eigenvalue weighted by molar-refractivity contribution is 5.96. The third-order valence-corrected chi connectivity index (χ3v) is 2.35. The highest BCUT2D eigenvalue weighted by atomic mass is 16.7. The molecule has 0 N–H and O–H groups in total. The van der Waals surface area contributed by atoms with E-state index < -0.39 is 23.7 Å². The number of methoxy groups -OCH3 is 1. The van der Waals surface area contributed by atoms with Gasteiger partial charge in [0.05, 0.1) is 19.8 Å². The summed E-state index contributed by atoms with van der Waals surface area (Å²) in [6.45, 7) is 5.73. The third-order valence-electron chi connectivity index (χ3n) is 2.35. The number of Topliss-reactive ketones (excluding diaryl/α,β-unsaturated/α-hetero) is 1. The molecule has 0 aliphatic carbocycles. The van der Waals surface area contributed by atoms with Crippen LogP contribution in [0.25, 0.3) is 0 Å². The predicted octanol–water partition coefficient (Wildman–Crippen LogP) is 0.384. The van der Waals surface area contributed by atoms with Crippen molar-refractivity contribution in [2.75, 3.05) is 33.5 Å². The minimum Gasteiger partial charge on any atom is -0.466 e. The number of ketones is 1. The molecule has 0 atom stereocenters. The molecule has 9 heteroatoms. The number of carbonyl (C=O) groups is 4. The largest absolute Gasteiger partial charge is 0.466 e. The Labute approximate surface area is 140 Å². The van der Waals surface area contributed by atoms with Crippen LogP contribution in [0.4, 0.5) is 0 Å². The Hall–Kier alpha value is -2.00. The lowest BCUT2D eigenvalue weighted by molar-refractivity contribution is -0.231. The molecule has 1 aliphatic heterocycles. The molecule has 0 aromatic heterocycles. The van der Waals surface area contributed by atoms with Crippen LogP contribution in [-0.2, 0) is 42.9 Å². The van der Waals surface area contributed by atoms with Crippen LogP contribution in [-0.4, -0.2) is 63.0 Å². The summed E-state index contributed by atoms with van der Waals surface area (Å²) in [7, 11) is 1.55. The fourth-order valence-electron chi connectivity index (χ4n) is 1.51. The number of carbonyl (C=O) groups excluding carboxylic acids is 4. The Morgan fingerprint density at radius 3 is 2.17 bits per heavy atom. The molecular formula is C15H24O9. The number of esters is 3. The molecule has 0 spiro atoms. The number of rotatable bonds is 8. The van der Waals surface area contributed by atoms with E-state index in [2.05, 4.69) is 14.2 Å². The summed E-state index contributed by atoms with van der Waals surface area (Å²) in [6, 6.07) is 0. The molecule has 9 nitrogen and oxygen atoms in total. The van der Waals surface area contributed by atoms with Gasteiger partial charge in [-0.25, -0.2) is 0 Å². The highest BCUT2D eigenvalue weighted by Crippen LogP contribution is 2.18. The van der Waals surface area contributed by atoms with E-state index in [1.165, 1.54) is 13.8 Å². The number of hydrogen-bond donors (Lipinski definition) is 0. The van der Waals surface area contributed by atoms with Gasteiger partial charge in [0.1, 0.15) is 19.4 Å². The Morgan fingerprint density at radius 2 is 1.71 bits per heavy atom. The molecule has 138 valence electrons. The van der Waals surface area contributed by atoms with Crippen molar-refractivity contribution in [2.45, 2.75) is 39.4 Å². The fourth-order valence-corrected chi connectivity index (χ4v) is 1.51. The average molecular weight is 348 g/mol. The van der Waals surface area contributed by atoms with Gasteiger partial charge in [-0.15, -0.1) is 0 Å². The van der Waals surface area contributed by atoms with Gasteiger partial charge in [0, 0.05) is 21.0 Å². The van der Waals surface area contributed by atoms with E-state index in [9.17, 15) is 19.2 Å². The molecule has 1 rings (SSSR count). The average Bonchev–Trinajstić information content (AvgIpc) is 2.41. The quantitative estimate of drug-likeness (QED) is 0.349. The zero-order chi connectivity index (χ0) is 18.6. The summed E-state index contributed by atoms with van der Waals surface area (Å²) in [5.41, 5.74) is 0. The van der Waals surface area contributed by atoms with Crippen molar-refractivity contribution < 1.29 is 42.9 Å². The Morgan fingerprint density at radius 1 is 1.12 bits per heavy atom. The van der Waals surface area contributed by atoms with Crippen molar-refractivity contribution in [1.29, 1.82) is 0 Å². The van der Waals surface area contributed by atoms with E-state index in [-0.39, 0.29) is 31.8 Å². The van der Waals surface area contributed by atoms with Crippen molar-refractivity contribution in [1.82, 2.24) is 0 Å². The molecule has 24 heavy (non-hydrogen) atoms. The molecule has 0 unspecified atom stereocenters. The van der Waals surface area contributed by atoms with Gasteiger partial charge in [-0.3, -0.25) is 19.2 Å². The summed E-state index contributed by atoms with van der Waals surface area (Å²) in [5, 5.41) is 0. The van der Waals surface area contributed by atoms with Gasteiger partial charge in [-0.2, -0.15) is 0 Å². The number of cyclic esters (lactones) is 2. The molecule has 0 aromatic rings. The highest BCUT2D eigenvalue weighted by Gasteiger charge is 2.34. The lowest BCUT2D eigenvalue weighted by atomic mass is 10.3. The van der Waals surface area contributed by atoms with E-state index in [4.69, 9.17) is 9.47 Å². The van der Waals surface area contributed by atoms with Crippen molar-refractivity contribution in [3.05, 3.63) is 0 Å². The number of hydrogen-bond acceptors (Lipinski definition) is 9. The third kappa shape index (κ3) is 11.6. The Kier molecular flexibility index (Phi) is 10.6. The minimum absolute atomic E-state index is 0.0673. The molecule has 1 saturated heterocycles. The number of ether oxygens (including phenoxy) is 5. The van der Waals surface area contributed by atoms with Crippen molar-refractivity contribution >= 4 is 23.7 Å². The van der Waals surface area contributed by atoms with E-state index in [0.29, 0.717) is 13.2 Å². The maximum absolute atomic E-state index is 11.0. The van der Waals surface area contributed by atoms with E-state index in [1.807, 2.05) is 0 Å². The maximum atomic E-state index is 11.0. The summed E-state index contributed by atoms with van der Waals surface area (Å²) in [6.07, 6.45) is -0.496. The van der Waals surface area contributed by atoms with Crippen LogP contribution in [0.1, 0.15) is 33.6 Å². The molecular weight excluding hydrogens is 324 g/mol. The second-order valence-corrected chi connectivity index (χ2v) is 5.09. The van der Waals surface area contributed by atoms with Crippen LogP contribution in [0.3, 0.4) is 0 Å². The van der Waals surface area contributed by atoms with Crippen molar-refractivity contribution in [2.24, 2.45) is 0 Å². The molecule has 0 saturated carbocycles. The first-order valence-corrected chi connectivity index (χ1v) is 7.37. The molecule has 0 bridgehead atoms. The smallest absolute Gasteiger partial charge is 0.320 e. The zero-order valence-corrected chi connectivity index (χ0v) is 14.4. The van der Waals surface area contributed by atoms with Crippen LogP contribution >= 0.6 is 0 Å². The molecule has 1 fully saturated rings. The monoisotopic (exact) mass is 348 g/mol. The van der Waals surface area contributed by atoms with Crippen LogP contribution in [0.15, 0.2) is 0 Å². The standard InChI is InChI=1S/C9H16O5.C6H8O4/c1-3-14-9(11)6-8(10)7-13-5-4-12-2;1-6(2)9-4(7)3-5(8)10-6/h3-7H2,1-2H3;3H2,1-2H3. The van der Waals surface area contributed by atoms with Crippen molar-refractivity contribution in [3.63, 3.8) is 0 Å². The normalized spacial score (nSPS) is 15.5. The van der Waals surface area contributed by atoms with Gasteiger partial charge < -0.3 is 23.7 Å². The SMILES string of the molecule is CC1(C)OC(=O)CC(=O)O1.CCOC(=O)CC(=O)COCCOC. The van der Waals surface area contributed by atoms with Crippen LogP contribution in [0, 0.1) is 0 Å². The van der Waals surface area contributed by atoms with Gasteiger partial charge >= 0.3 is 17.9 Å². The topological polar surface area (TPSA) is 114 Å². The van der Waals surface area contributed by atoms with Crippen LogP contribution < -0.4 is 0 Å². The van der Waals surface area contributed by atoms with Crippen molar-refractivity contribution in [3.8, 4) is 0 Å². The zero-order valence-electron chi connectivity index (χ0n) is 14.4. The second kappa shape index (κ2) is 11.5. The summed E-state index contributed by atoms with van der Waals surface area (Å²) in [5.74, 6) is -2.92. The molecule has 0 aromatic carbocycles. The van der Waals surface area contributed by atoms with E-state index >= 15 is 0 Å². The Bertz CT molecular complexity index is 424. The van der Waals surface area contributed by atoms with Gasteiger partial charge in [0.15, 0.2) is 5.78 Å². The first kappa shape index (κ1) is 22.0.